The lowest BCUT2D eigenvalue weighted by atomic mass is 9.87. The van der Waals surface area contributed by atoms with Gasteiger partial charge in [-0.1, -0.05) is 12.1 Å². The summed E-state index contributed by atoms with van der Waals surface area (Å²) >= 11 is 0. The number of carbonyl (C=O) groups excluding carboxylic acids is 1. The molecule has 2 aliphatic rings. The summed E-state index contributed by atoms with van der Waals surface area (Å²) in [5.74, 6) is 1.50. The molecule has 174 valence electrons. The molecule has 2 fully saturated rings. The van der Waals surface area contributed by atoms with E-state index in [1.165, 1.54) is 4.31 Å². The van der Waals surface area contributed by atoms with Crippen molar-refractivity contribution in [3.63, 3.8) is 0 Å². The number of hydrogen-bond acceptors (Lipinski definition) is 7. The van der Waals surface area contributed by atoms with E-state index in [1.54, 1.807) is 24.3 Å². The Hall–Kier alpha value is -2.30. The minimum Gasteiger partial charge on any atom is -0.379 e. The largest absolute Gasteiger partial charge is 0.379 e. The summed E-state index contributed by atoms with van der Waals surface area (Å²) in [5, 5.41) is 7.07. The fourth-order valence-corrected chi connectivity index (χ4v) is 5.52. The van der Waals surface area contributed by atoms with Crippen molar-refractivity contribution in [2.24, 2.45) is 5.92 Å². The van der Waals surface area contributed by atoms with Crippen molar-refractivity contribution in [3.05, 3.63) is 30.2 Å². The summed E-state index contributed by atoms with van der Waals surface area (Å²) in [6, 6.07) is 6.70. The van der Waals surface area contributed by atoms with Crippen LogP contribution in [0.15, 0.2) is 33.7 Å². The fraction of sp³-hybridized carbons (Fsp3) is 0.591. The molecule has 32 heavy (non-hydrogen) atoms. The van der Waals surface area contributed by atoms with Crippen LogP contribution in [0.1, 0.15) is 44.9 Å². The van der Waals surface area contributed by atoms with E-state index >= 15 is 0 Å². The molecule has 0 bridgehead atoms. The highest BCUT2D eigenvalue weighted by molar-refractivity contribution is 7.89. The maximum absolute atomic E-state index is 12.7. The second kappa shape index (κ2) is 10.1. The van der Waals surface area contributed by atoms with Crippen LogP contribution in [0.2, 0.25) is 0 Å². The van der Waals surface area contributed by atoms with Gasteiger partial charge >= 0.3 is 0 Å². The molecule has 1 N–H and O–H groups in total. The van der Waals surface area contributed by atoms with Gasteiger partial charge in [-0.05, 0) is 55.9 Å². The first kappa shape index (κ1) is 22.9. The molecule has 1 aromatic carbocycles. The minimum atomic E-state index is -3.54. The first-order valence-corrected chi connectivity index (χ1v) is 12.7. The molecule has 9 nitrogen and oxygen atoms in total. The third-order valence-corrected chi connectivity index (χ3v) is 8.05. The predicted octanol–water partition coefficient (Wildman–Crippen LogP) is 2.38. The van der Waals surface area contributed by atoms with E-state index in [4.69, 9.17) is 9.26 Å². The van der Waals surface area contributed by atoms with Crippen molar-refractivity contribution in [2.75, 3.05) is 26.3 Å². The molecule has 1 amide bonds. The van der Waals surface area contributed by atoms with Crippen LogP contribution in [-0.2, 0) is 26.0 Å². The number of carbonyl (C=O) groups is 1. The van der Waals surface area contributed by atoms with E-state index in [9.17, 15) is 13.2 Å². The zero-order valence-electron chi connectivity index (χ0n) is 18.3. The average molecular weight is 463 g/mol. The molecule has 1 aromatic heterocycles. The Bertz CT molecular complexity index is 1010. The van der Waals surface area contributed by atoms with E-state index < -0.39 is 10.0 Å². The Morgan fingerprint density at radius 3 is 2.50 bits per heavy atom. The van der Waals surface area contributed by atoms with E-state index in [0.717, 1.165) is 31.6 Å². The maximum atomic E-state index is 12.7. The molecule has 0 atom stereocenters. The third-order valence-electron chi connectivity index (χ3n) is 6.14. The molecule has 1 saturated carbocycles. The normalized spacial score (nSPS) is 22.5. The zero-order valence-corrected chi connectivity index (χ0v) is 19.1. The Morgan fingerprint density at radius 2 is 1.81 bits per heavy atom. The van der Waals surface area contributed by atoms with Gasteiger partial charge in [0.15, 0.2) is 0 Å². The monoisotopic (exact) mass is 462 g/mol. The number of hydrogen-bond donors (Lipinski definition) is 1. The second-order valence-corrected chi connectivity index (χ2v) is 10.5. The summed E-state index contributed by atoms with van der Waals surface area (Å²) in [4.78, 5) is 16.8. The highest BCUT2D eigenvalue weighted by atomic mass is 32.2. The highest BCUT2D eigenvalue weighted by Gasteiger charge is 2.26. The molecule has 0 spiro atoms. The van der Waals surface area contributed by atoms with Gasteiger partial charge in [-0.25, -0.2) is 8.42 Å². The smallest absolute Gasteiger partial charge is 0.243 e. The van der Waals surface area contributed by atoms with Gasteiger partial charge in [-0.15, -0.1) is 0 Å². The van der Waals surface area contributed by atoms with Crippen molar-refractivity contribution in [1.82, 2.24) is 19.8 Å². The maximum Gasteiger partial charge on any atom is 0.243 e. The van der Waals surface area contributed by atoms with Crippen LogP contribution in [0.5, 0.6) is 0 Å². The first-order valence-electron chi connectivity index (χ1n) is 11.2. The van der Waals surface area contributed by atoms with Gasteiger partial charge in [-0.2, -0.15) is 9.29 Å². The van der Waals surface area contributed by atoms with Gasteiger partial charge in [0.1, 0.15) is 0 Å². The molecule has 2 aromatic rings. The van der Waals surface area contributed by atoms with Gasteiger partial charge in [-0.3, -0.25) is 4.79 Å². The van der Waals surface area contributed by atoms with Crippen molar-refractivity contribution in [2.45, 2.75) is 56.4 Å². The molecule has 0 unspecified atom stereocenters. The topological polar surface area (TPSA) is 115 Å². The third kappa shape index (κ3) is 5.54. The van der Waals surface area contributed by atoms with Crippen LogP contribution in [0.3, 0.4) is 0 Å². The van der Waals surface area contributed by atoms with Gasteiger partial charge < -0.3 is 14.6 Å². The molecule has 1 aliphatic carbocycles. The van der Waals surface area contributed by atoms with Gasteiger partial charge in [0.05, 0.1) is 18.1 Å². The minimum absolute atomic E-state index is 0.00183. The van der Waals surface area contributed by atoms with Gasteiger partial charge in [0, 0.05) is 37.5 Å². The second-order valence-electron chi connectivity index (χ2n) is 8.58. The van der Waals surface area contributed by atoms with Gasteiger partial charge in [0.2, 0.25) is 27.6 Å². The number of ether oxygens (including phenoxy) is 1. The molecule has 1 saturated heterocycles. The van der Waals surface area contributed by atoms with Crippen LogP contribution in [0, 0.1) is 5.92 Å². The summed E-state index contributed by atoms with van der Waals surface area (Å²) in [6.07, 6.45) is 5.05. The summed E-state index contributed by atoms with van der Waals surface area (Å²) in [5.41, 5.74) is 0.654. The fourth-order valence-electron chi connectivity index (χ4n) is 4.11. The number of sulfonamides is 1. The van der Waals surface area contributed by atoms with Crippen LogP contribution in [0.4, 0.5) is 0 Å². The Labute approximate surface area is 188 Å². The van der Waals surface area contributed by atoms with Crippen molar-refractivity contribution >= 4 is 15.9 Å². The SMILES string of the molecule is CC1CCC(NC(=O)CCc2nc(-c3ccc(S(=O)(=O)N4CCOCC4)cc3)no2)CC1. The molecule has 10 heteroatoms. The molecule has 4 rings (SSSR count). The summed E-state index contributed by atoms with van der Waals surface area (Å²) in [6.45, 7) is 3.76. The number of nitrogens with one attached hydrogen (secondary N) is 1. The van der Waals surface area contributed by atoms with Crippen LogP contribution >= 0.6 is 0 Å². The van der Waals surface area contributed by atoms with Crippen LogP contribution < -0.4 is 5.32 Å². The van der Waals surface area contributed by atoms with E-state index in [1.807, 2.05) is 0 Å². The Balaban J connectivity index is 1.31. The van der Waals surface area contributed by atoms with Crippen LogP contribution in [-0.4, -0.2) is 61.1 Å². The number of rotatable bonds is 7. The molecule has 1 aliphatic heterocycles. The van der Waals surface area contributed by atoms with Crippen molar-refractivity contribution < 1.29 is 22.5 Å². The first-order chi connectivity index (χ1) is 15.4. The number of nitrogens with zero attached hydrogens (tertiary/aromatic N) is 3. The summed E-state index contributed by atoms with van der Waals surface area (Å²) in [7, 11) is -3.54. The zero-order chi connectivity index (χ0) is 22.6. The molecular formula is C22H30N4O5S. The quantitative estimate of drug-likeness (QED) is 0.672. The number of aromatic nitrogens is 2. The van der Waals surface area contributed by atoms with E-state index in [0.29, 0.717) is 56.4 Å². The molecular weight excluding hydrogens is 432 g/mol. The number of amides is 1. The Morgan fingerprint density at radius 1 is 1.12 bits per heavy atom. The van der Waals surface area contributed by atoms with Crippen molar-refractivity contribution in [1.29, 1.82) is 0 Å². The standard InChI is InChI=1S/C22H30N4O5S/c1-16-2-6-18(7-3-16)23-20(27)10-11-21-24-22(25-31-21)17-4-8-19(9-5-17)32(28,29)26-12-14-30-15-13-26/h4-5,8-9,16,18H,2-3,6-7,10-15H2,1H3,(H,23,27). The van der Waals surface area contributed by atoms with E-state index in [2.05, 4.69) is 22.4 Å². The highest BCUT2D eigenvalue weighted by Crippen LogP contribution is 2.24. The number of morpholine rings is 1. The van der Waals surface area contributed by atoms with Gasteiger partial charge in [0.25, 0.3) is 0 Å². The molecule has 0 radical (unpaired) electrons. The average Bonchev–Trinajstić information content (AvgIpc) is 3.29. The van der Waals surface area contributed by atoms with Crippen LogP contribution in [0.25, 0.3) is 11.4 Å². The molecule has 2 heterocycles. The lowest BCUT2D eigenvalue weighted by Crippen LogP contribution is -2.40. The number of benzene rings is 1. The lowest BCUT2D eigenvalue weighted by molar-refractivity contribution is -0.122. The predicted molar refractivity (Wildman–Crippen MR) is 117 cm³/mol. The number of aryl methyl sites for hydroxylation is 1. The lowest BCUT2D eigenvalue weighted by Gasteiger charge is -2.26. The van der Waals surface area contributed by atoms with Crippen molar-refractivity contribution in [3.8, 4) is 11.4 Å². The van der Waals surface area contributed by atoms with E-state index in [-0.39, 0.29) is 16.8 Å². The Kier molecular flexibility index (Phi) is 7.22. The summed E-state index contributed by atoms with van der Waals surface area (Å²) < 4.78 is 37.4.